The van der Waals surface area contributed by atoms with Crippen LogP contribution in [0.3, 0.4) is 0 Å². The summed E-state index contributed by atoms with van der Waals surface area (Å²) in [5, 5.41) is 2.75. The molecule has 7 nitrogen and oxygen atoms in total. The first-order chi connectivity index (χ1) is 10.7. The Bertz CT molecular complexity index is 665. The number of amides is 1. The molecule has 2 rings (SSSR count). The van der Waals surface area contributed by atoms with Gasteiger partial charge in [0.2, 0.25) is 11.8 Å². The molecule has 0 radical (unpaired) electrons. The van der Waals surface area contributed by atoms with Gasteiger partial charge in [-0.3, -0.25) is 14.2 Å². The first-order valence-electron chi connectivity index (χ1n) is 7.68. The smallest absolute Gasteiger partial charge is 0.232 e. The number of anilines is 1. The van der Waals surface area contributed by atoms with Crippen LogP contribution in [-0.4, -0.2) is 31.3 Å². The van der Waals surface area contributed by atoms with Gasteiger partial charge in [0.15, 0.2) is 11.5 Å². The van der Waals surface area contributed by atoms with Gasteiger partial charge < -0.3 is 5.32 Å². The molecule has 0 atom stereocenters. The molecule has 2 aromatic rings. The highest BCUT2D eigenvalue weighted by molar-refractivity contribution is 6.00. The molecule has 2 heterocycles. The van der Waals surface area contributed by atoms with Crippen molar-refractivity contribution in [2.75, 3.05) is 5.32 Å². The third-order valence-electron chi connectivity index (χ3n) is 3.37. The largest absolute Gasteiger partial charge is 0.309 e. The van der Waals surface area contributed by atoms with E-state index in [1.54, 1.807) is 0 Å². The zero-order chi connectivity index (χ0) is 15.9. The Morgan fingerprint density at radius 2 is 1.82 bits per heavy atom. The predicted octanol–water partition coefficient (Wildman–Crippen LogP) is 2.79. The Hall–Kier alpha value is -2.31. The minimum atomic E-state index is -0.115. The van der Waals surface area contributed by atoms with Gasteiger partial charge in [-0.25, -0.2) is 15.0 Å². The molecule has 0 saturated carbocycles. The summed E-state index contributed by atoms with van der Waals surface area (Å²) < 4.78 is 1.43. The van der Waals surface area contributed by atoms with Gasteiger partial charge in [-0.15, -0.1) is 0 Å². The van der Waals surface area contributed by atoms with E-state index in [-0.39, 0.29) is 11.8 Å². The topological polar surface area (TPSA) is 89.8 Å². The van der Waals surface area contributed by atoms with E-state index in [1.165, 1.54) is 17.2 Å². The summed E-state index contributed by atoms with van der Waals surface area (Å²) in [4.78, 5) is 36.4. The third-order valence-corrected chi connectivity index (χ3v) is 3.37. The summed E-state index contributed by atoms with van der Waals surface area (Å²) >= 11 is 0. The minimum Gasteiger partial charge on any atom is -0.309 e. The van der Waals surface area contributed by atoms with E-state index in [0.29, 0.717) is 29.8 Å². The molecule has 0 aromatic carbocycles. The molecule has 0 unspecified atom stereocenters. The number of hydrogen-bond donors (Lipinski definition) is 1. The Kier molecular flexibility index (Phi) is 5.57. The van der Waals surface area contributed by atoms with Crippen molar-refractivity contribution >= 4 is 28.8 Å². The quantitative estimate of drug-likeness (QED) is 0.849. The third kappa shape index (κ3) is 3.66. The van der Waals surface area contributed by atoms with Crippen molar-refractivity contribution in [2.24, 2.45) is 0 Å². The van der Waals surface area contributed by atoms with Crippen LogP contribution in [0.25, 0.3) is 11.2 Å². The van der Waals surface area contributed by atoms with Crippen molar-refractivity contribution in [3.63, 3.8) is 0 Å². The number of nitrogens with one attached hydrogen (secondary N) is 1. The van der Waals surface area contributed by atoms with E-state index in [4.69, 9.17) is 0 Å². The number of carbonyl (C=O) groups is 2. The molecule has 118 valence electrons. The van der Waals surface area contributed by atoms with Crippen LogP contribution in [0.15, 0.2) is 12.7 Å². The molecule has 22 heavy (non-hydrogen) atoms. The van der Waals surface area contributed by atoms with Gasteiger partial charge in [-0.05, 0) is 12.8 Å². The first-order valence-corrected chi connectivity index (χ1v) is 7.68. The van der Waals surface area contributed by atoms with Gasteiger partial charge in [0.05, 0.1) is 0 Å². The Labute approximate surface area is 129 Å². The fourth-order valence-electron chi connectivity index (χ4n) is 2.12. The molecule has 0 fully saturated rings. The maximum absolute atomic E-state index is 12.2. The summed E-state index contributed by atoms with van der Waals surface area (Å²) in [6, 6.07) is 0. The van der Waals surface area contributed by atoms with E-state index < -0.39 is 0 Å². The zero-order valence-electron chi connectivity index (χ0n) is 13.0. The molecule has 0 spiro atoms. The fraction of sp³-hybridized carbons (Fsp3) is 0.533. The van der Waals surface area contributed by atoms with Crippen LogP contribution in [-0.2, 0) is 4.79 Å². The molecule has 1 N–H and O–H groups in total. The number of imidazole rings is 1. The number of carbonyl (C=O) groups excluding carboxylic acids is 2. The monoisotopic (exact) mass is 303 g/mol. The maximum Gasteiger partial charge on any atom is 0.232 e. The molecule has 0 saturated heterocycles. The van der Waals surface area contributed by atoms with Gasteiger partial charge in [0.25, 0.3) is 0 Å². The molecule has 0 aliphatic rings. The van der Waals surface area contributed by atoms with E-state index in [0.717, 1.165) is 25.7 Å². The second-order valence-electron chi connectivity index (χ2n) is 5.16. The van der Waals surface area contributed by atoms with E-state index in [1.807, 2.05) is 13.8 Å². The number of unbranched alkanes of at least 4 members (excludes halogenated alkanes) is 2. The summed E-state index contributed by atoms with van der Waals surface area (Å²) in [7, 11) is 0. The lowest BCUT2D eigenvalue weighted by Crippen LogP contribution is -2.15. The van der Waals surface area contributed by atoms with E-state index in [9.17, 15) is 9.59 Å². The average Bonchev–Trinajstić information content (AvgIpc) is 2.95. The summed E-state index contributed by atoms with van der Waals surface area (Å²) in [5.74, 6) is 0.160. The van der Waals surface area contributed by atoms with Crippen molar-refractivity contribution in [2.45, 2.75) is 52.4 Å². The summed E-state index contributed by atoms with van der Waals surface area (Å²) in [6.45, 7) is 4.05. The number of aromatic nitrogens is 4. The Balaban J connectivity index is 2.28. The molecule has 7 heteroatoms. The molecule has 0 bridgehead atoms. The SMILES string of the molecule is CCCCC(=O)Nc1ncnc2ncn(C(=O)CCCC)c12. The van der Waals surface area contributed by atoms with Crippen LogP contribution in [0, 0.1) is 0 Å². The number of rotatable bonds is 7. The van der Waals surface area contributed by atoms with E-state index >= 15 is 0 Å². The number of fused-ring (bicyclic) bond motifs is 1. The Morgan fingerprint density at radius 1 is 1.09 bits per heavy atom. The lowest BCUT2D eigenvalue weighted by molar-refractivity contribution is -0.116. The second kappa shape index (κ2) is 7.63. The zero-order valence-corrected chi connectivity index (χ0v) is 13.0. The first kappa shape index (κ1) is 16.1. The number of nitrogens with zero attached hydrogens (tertiary/aromatic N) is 4. The highest BCUT2D eigenvalue weighted by Gasteiger charge is 2.16. The highest BCUT2D eigenvalue weighted by Crippen LogP contribution is 2.19. The van der Waals surface area contributed by atoms with Gasteiger partial charge in [-0.2, -0.15) is 0 Å². The molecule has 1 amide bonds. The predicted molar refractivity (Wildman–Crippen MR) is 83.6 cm³/mol. The second-order valence-corrected chi connectivity index (χ2v) is 5.16. The highest BCUT2D eigenvalue weighted by atomic mass is 16.2. The fourth-order valence-corrected chi connectivity index (χ4v) is 2.12. The van der Waals surface area contributed by atoms with Crippen molar-refractivity contribution < 1.29 is 9.59 Å². The molecular formula is C15H21N5O2. The molecule has 2 aromatic heterocycles. The normalized spacial score (nSPS) is 10.8. The maximum atomic E-state index is 12.2. The van der Waals surface area contributed by atoms with Crippen LogP contribution < -0.4 is 5.32 Å². The summed E-state index contributed by atoms with van der Waals surface area (Å²) in [6.07, 6.45) is 7.15. The van der Waals surface area contributed by atoms with Crippen LogP contribution in [0.4, 0.5) is 5.82 Å². The average molecular weight is 303 g/mol. The number of hydrogen-bond acceptors (Lipinski definition) is 5. The standard InChI is InChI=1S/C15H21N5O2/c1-3-5-7-11(21)19-15-13-14(16-9-17-15)18-10-20(13)12(22)8-6-4-2/h9-10H,3-8H2,1-2H3,(H,16,17,19,21). The van der Waals surface area contributed by atoms with Crippen LogP contribution in [0.1, 0.15) is 57.2 Å². The molecular weight excluding hydrogens is 282 g/mol. The van der Waals surface area contributed by atoms with Gasteiger partial charge in [0, 0.05) is 12.8 Å². The van der Waals surface area contributed by atoms with Gasteiger partial charge >= 0.3 is 0 Å². The molecule has 0 aliphatic heterocycles. The van der Waals surface area contributed by atoms with Gasteiger partial charge in [0.1, 0.15) is 18.2 Å². The van der Waals surface area contributed by atoms with Crippen molar-refractivity contribution in [3.8, 4) is 0 Å². The van der Waals surface area contributed by atoms with Crippen molar-refractivity contribution in [1.82, 2.24) is 19.5 Å². The van der Waals surface area contributed by atoms with E-state index in [2.05, 4.69) is 20.3 Å². The van der Waals surface area contributed by atoms with Crippen LogP contribution >= 0.6 is 0 Å². The van der Waals surface area contributed by atoms with Crippen LogP contribution in [0.5, 0.6) is 0 Å². The lowest BCUT2D eigenvalue weighted by Gasteiger charge is -2.07. The van der Waals surface area contributed by atoms with Gasteiger partial charge in [-0.1, -0.05) is 26.7 Å². The minimum absolute atomic E-state index is 0.0665. The van der Waals surface area contributed by atoms with Crippen molar-refractivity contribution in [3.05, 3.63) is 12.7 Å². The Morgan fingerprint density at radius 3 is 2.55 bits per heavy atom. The molecule has 0 aliphatic carbocycles. The van der Waals surface area contributed by atoms with Crippen LogP contribution in [0.2, 0.25) is 0 Å². The lowest BCUT2D eigenvalue weighted by atomic mass is 10.2. The summed E-state index contributed by atoms with van der Waals surface area (Å²) in [5.41, 5.74) is 0.874. The van der Waals surface area contributed by atoms with Crippen molar-refractivity contribution in [1.29, 1.82) is 0 Å².